The first-order valence-corrected chi connectivity index (χ1v) is 6.54. The van der Waals surface area contributed by atoms with E-state index >= 15 is 0 Å². The minimum atomic E-state index is -0.755. The second kappa shape index (κ2) is 7.69. The van der Waals surface area contributed by atoms with Gasteiger partial charge in [-0.15, -0.1) is 6.58 Å². The molecule has 1 aromatic rings. The van der Waals surface area contributed by atoms with Gasteiger partial charge in [-0.25, -0.2) is 0 Å². The first kappa shape index (κ1) is 15.4. The quantitative estimate of drug-likeness (QED) is 0.734. The second-order valence-corrected chi connectivity index (χ2v) is 3.83. The zero-order valence-corrected chi connectivity index (χ0v) is 11.8. The van der Waals surface area contributed by atoms with Gasteiger partial charge in [-0.2, -0.15) is 0 Å². The van der Waals surface area contributed by atoms with Gasteiger partial charge in [0.2, 0.25) is 5.75 Å². The average Bonchev–Trinajstić information content (AvgIpc) is 2.41. The van der Waals surface area contributed by atoms with Gasteiger partial charge in [0.05, 0.1) is 25.9 Å². The van der Waals surface area contributed by atoms with Crippen LogP contribution in [0.1, 0.15) is 32.4 Å². The van der Waals surface area contributed by atoms with Gasteiger partial charge < -0.3 is 19.3 Å². The van der Waals surface area contributed by atoms with Crippen molar-refractivity contribution in [3.63, 3.8) is 0 Å². The maximum atomic E-state index is 9.87. The summed E-state index contributed by atoms with van der Waals surface area (Å²) in [6.07, 6.45) is 0.704. The van der Waals surface area contributed by atoms with Crippen molar-refractivity contribution < 1.29 is 19.3 Å². The zero-order chi connectivity index (χ0) is 14.3. The number of benzene rings is 1. The van der Waals surface area contributed by atoms with E-state index in [0.717, 1.165) is 0 Å². The largest absolute Gasteiger partial charge is 0.490 e. The van der Waals surface area contributed by atoms with Crippen LogP contribution in [0.15, 0.2) is 24.8 Å². The van der Waals surface area contributed by atoms with Crippen LogP contribution < -0.4 is 14.2 Å². The lowest BCUT2D eigenvalue weighted by atomic mass is 10.1. The molecule has 0 aliphatic heterocycles. The third-order valence-corrected chi connectivity index (χ3v) is 2.50. The van der Waals surface area contributed by atoms with Gasteiger partial charge in [0.1, 0.15) is 0 Å². The number of ether oxygens (including phenoxy) is 3. The van der Waals surface area contributed by atoms with Crippen LogP contribution >= 0.6 is 0 Å². The summed E-state index contributed by atoms with van der Waals surface area (Å²) >= 11 is 0. The summed E-state index contributed by atoms with van der Waals surface area (Å²) in [5.41, 5.74) is 0.672. The molecule has 0 saturated carbocycles. The first-order chi connectivity index (χ1) is 9.17. The number of aliphatic hydroxyl groups excluding tert-OH is 1. The summed E-state index contributed by atoms with van der Waals surface area (Å²) in [5.74, 6) is 1.73. The van der Waals surface area contributed by atoms with E-state index in [1.165, 1.54) is 6.08 Å². The van der Waals surface area contributed by atoms with Crippen LogP contribution in [0, 0.1) is 0 Å². The molecule has 0 heterocycles. The molecule has 19 heavy (non-hydrogen) atoms. The Morgan fingerprint density at radius 3 is 1.89 bits per heavy atom. The molecule has 1 N–H and O–H groups in total. The highest BCUT2D eigenvalue weighted by Gasteiger charge is 2.17. The predicted octanol–water partition coefficient (Wildman–Crippen LogP) is 3.10. The van der Waals surface area contributed by atoms with E-state index in [1.807, 2.05) is 20.8 Å². The van der Waals surface area contributed by atoms with E-state index < -0.39 is 6.10 Å². The van der Waals surface area contributed by atoms with Gasteiger partial charge in [-0.05, 0) is 38.5 Å². The van der Waals surface area contributed by atoms with E-state index in [0.29, 0.717) is 42.6 Å². The van der Waals surface area contributed by atoms with Gasteiger partial charge in [0.25, 0.3) is 0 Å². The maximum absolute atomic E-state index is 9.87. The Kier molecular flexibility index (Phi) is 6.22. The van der Waals surface area contributed by atoms with Gasteiger partial charge in [-0.1, -0.05) is 6.08 Å². The lowest BCUT2D eigenvalue weighted by molar-refractivity contribution is 0.224. The molecular weight excluding hydrogens is 244 g/mol. The van der Waals surface area contributed by atoms with Crippen LogP contribution in [0.3, 0.4) is 0 Å². The molecule has 1 aromatic carbocycles. The molecular formula is C15H22O4. The van der Waals surface area contributed by atoms with Crippen LogP contribution in [0.2, 0.25) is 0 Å². The molecule has 0 fully saturated rings. The van der Waals surface area contributed by atoms with E-state index in [2.05, 4.69) is 6.58 Å². The summed E-state index contributed by atoms with van der Waals surface area (Å²) in [5, 5.41) is 9.87. The first-order valence-electron chi connectivity index (χ1n) is 6.54. The molecule has 0 aromatic heterocycles. The van der Waals surface area contributed by atoms with Gasteiger partial charge in [-0.3, -0.25) is 0 Å². The molecule has 0 amide bonds. The fraction of sp³-hybridized carbons (Fsp3) is 0.467. The lowest BCUT2D eigenvalue weighted by Crippen LogP contribution is -2.04. The summed E-state index contributed by atoms with van der Waals surface area (Å²) in [6, 6.07) is 3.51. The molecule has 0 spiro atoms. The molecule has 0 aliphatic rings. The van der Waals surface area contributed by atoms with Crippen LogP contribution in [-0.2, 0) is 0 Å². The Bertz CT molecular complexity index is 388. The highest BCUT2D eigenvalue weighted by molar-refractivity contribution is 5.54. The van der Waals surface area contributed by atoms with Crippen LogP contribution in [0.4, 0.5) is 0 Å². The van der Waals surface area contributed by atoms with Crippen molar-refractivity contribution in [2.24, 2.45) is 0 Å². The Morgan fingerprint density at radius 2 is 1.53 bits per heavy atom. The fourth-order valence-electron chi connectivity index (χ4n) is 1.72. The van der Waals surface area contributed by atoms with Crippen molar-refractivity contribution in [3.8, 4) is 17.2 Å². The molecule has 1 unspecified atom stereocenters. The normalized spacial score (nSPS) is 11.8. The van der Waals surface area contributed by atoms with Crippen LogP contribution in [0.25, 0.3) is 0 Å². The van der Waals surface area contributed by atoms with E-state index in [9.17, 15) is 5.11 Å². The standard InChI is InChI=1S/C15H22O4/c1-5-12(16)11-9-13(17-6-2)15(19-8-4)14(10-11)18-7-3/h5,9-10,12,16H,1,6-8H2,2-4H3. The number of rotatable bonds is 8. The van der Waals surface area contributed by atoms with Gasteiger partial charge in [0.15, 0.2) is 11.5 Å². The lowest BCUT2D eigenvalue weighted by Gasteiger charge is -2.18. The second-order valence-electron chi connectivity index (χ2n) is 3.83. The summed E-state index contributed by atoms with van der Waals surface area (Å²) in [6.45, 7) is 10.8. The van der Waals surface area contributed by atoms with Crippen molar-refractivity contribution in [3.05, 3.63) is 30.4 Å². The average molecular weight is 266 g/mol. The van der Waals surface area contributed by atoms with Crippen molar-refractivity contribution in [2.75, 3.05) is 19.8 Å². The third kappa shape index (κ3) is 3.89. The van der Waals surface area contributed by atoms with Gasteiger partial charge in [0, 0.05) is 0 Å². The monoisotopic (exact) mass is 266 g/mol. The minimum Gasteiger partial charge on any atom is -0.490 e. The SMILES string of the molecule is C=CC(O)c1cc(OCC)c(OCC)c(OCC)c1. The van der Waals surface area contributed by atoms with Crippen LogP contribution in [0.5, 0.6) is 17.2 Å². The molecule has 0 radical (unpaired) electrons. The molecule has 4 nitrogen and oxygen atoms in total. The summed E-state index contributed by atoms with van der Waals surface area (Å²) in [7, 11) is 0. The Morgan fingerprint density at radius 1 is 1.05 bits per heavy atom. The minimum absolute atomic E-state index is 0.513. The Hall–Kier alpha value is -1.68. The molecule has 0 aliphatic carbocycles. The maximum Gasteiger partial charge on any atom is 0.203 e. The molecule has 0 bridgehead atoms. The van der Waals surface area contributed by atoms with Crippen molar-refractivity contribution in [2.45, 2.75) is 26.9 Å². The Balaban J connectivity index is 3.28. The van der Waals surface area contributed by atoms with E-state index in [4.69, 9.17) is 14.2 Å². The predicted molar refractivity (Wildman–Crippen MR) is 75.1 cm³/mol. The molecule has 106 valence electrons. The Labute approximate surface area is 114 Å². The molecule has 1 atom stereocenters. The van der Waals surface area contributed by atoms with Gasteiger partial charge >= 0.3 is 0 Å². The number of hydrogen-bond donors (Lipinski definition) is 1. The number of hydrogen-bond acceptors (Lipinski definition) is 4. The topological polar surface area (TPSA) is 47.9 Å². The van der Waals surface area contributed by atoms with Crippen LogP contribution in [-0.4, -0.2) is 24.9 Å². The number of aliphatic hydroxyl groups is 1. The molecule has 1 rings (SSSR count). The third-order valence-electron chi connectivity index (χ3n) is 2.50. The molecule has 4 heteroatoms. The zero-order valence-electron chi connectivity index (χ0n) is 11.8. The van der Waals surface area contributed by atoms with Crippen molar-refractivity contribution in [1.29, 1.82) is 0 Å². The fourth-order valence-corrected chi connectivity index (χ4v) is 1.72. The summed E-state index contributed by atoms with van der Waals surface area (Å²) < 4.78 is 16.7. The summed E-state index contributed by atoms with van der Waals surface area (Å²) in [4.78, 5) is 0. The van der Waals surface area contributed by atoms with E-state index in [-0.39, 0.29) is 0 Å². The highest BCUT2D eigenvalue weighted by Crippen LogP contribution is 2.40. The van der Waals surface area contributed by atoms with Crippen molar-refractivity contribution in [1.82, 2.24) is 0 Å². The molecule has 0 saturated heterocycles. The smallest absolute Gasteiger partial charge is 0.203 e. The highest BCUT2D eigenvalue weighted by atomic mass is 16.5. The van der Waals surface area contributed by atoms with E-state index in [1.54, 1.807) is 12.1 Å². The van der Waals surface area contributed by atoms with Crippen molar-refractivity contribution >= 4 is 0 Å².